The van der Waals surface area contributed by atoms with Crippen molar-refractivity contribution in [3.05, 3.63) is 11.8 Å². The van der Waals surface area contributed by atoms with Crippen LogP contribution in [-0.4, -0.2) is 35.9 Å². The minimum Gasteiger partial charge on any atom is -0.383 e. The van der Waals surface area contributed by atoms with Gasteiger partial charge in [0.25, 0.3) is 5.91 Å². The number of nitrogens with one attached hydrogen (secondary N) is 2. The quantitative estimate of drug-likeness (QED) is 0.647. The number of nitrogens with zero attached hydrogens (tertiary/aromatic N) is 1. The lowest BCUT2D eigenvalue weighted by Gasteiger charge is -2.15. The molecule has 1 heterocycles. The van der Waals surface area contributed by atoms with E-state index in [0.29, 0.717) is 12.2 Å². The normalized spacial score (nSPS) is 12.4. The number of nitrogens with two attached hydrogens (primary N) is 1. The van der Waals surface area contributed by atoms with Gasteiger partial charge >= 0.3 is 0 Å². The van der Waals surface area contributed by atoms with Crippen LogP contribution in [0.15, 0.2) is 6.20 Å². The molecule has 0 aliphatic carbocycles. The summed E-state index contributed by atoms with van der Waals surface area (Å²) >= 11 is 0. The predicted octanol–water partition coefficient (Wildman–Crippen LogP) is 0.147. The average Bonchev–Trinajstić information content (AvgIpc) is 2.63. The zero-order valence-electron chi connectivity index (χ0n) is 8.91. The average molecular weight is 212 g/mol. The topological polar surface area (TPSA) is 93.0 Å². The van der Waals surface area contributed by atoms with Crippen LogP contribution in [0.3, 0.4) is 0 Å². The van der Waals surface area contributed by atoms with Gasteiger partial charge in [-0.15, -0.1) is 0 Å². The van der Waals surface area contributed by atoms with E-state index in [-0.39, 0.29) is 17.8 Å². The first kappa shape index (κ1) is 11.5. The largest absolute Gasteiger partial charge is 0.383 e. The number of carbonyl (C=O) groups is 1. The van der Waals surface area contributed by atoms with Crippen LogP contribution in [0.1, 0.15) is 23.7 Å². The summed E-state index contributed by atoms with van der Waals surface area (Å²) in [7, 11) is 1.60. The Balaban J connectivity index is 2.58. The van der Waals surface area contributed by atoms with Crippen LogP contribution >= 0.6 is 0 Å². The molecule has 4 N–H and O–H groups in total. The maximum absolute atomic E-state index is 11.7. The van der Waals surface area contributed by atoms with E-state index in [0.717, 1.165) is 6.42 Å². The van der Waals surface area contributed by atoms with Gasteiger partial charge in [-0.25, -0.2) is 0 Å². The summed E-state index contributed by atoms with van der Waals surface area (Å²) < 4.78 is 4.97. The monoisotopic (exact) mass is 212 g/mol. The van der Waals surface area contributed by atoms with E-state index in [2.05, 4.69) is 15.5 Å². The molecule has 0 aromatic carbocycles. The Bertz CT molecular complexity index is 324. The highest BCUT2D eigenvalue weighted by atomic mass is 16.5. The first-order valence-electron chi connectivity index (χ1n) is 4.77. The van der Waals surface area contributed by atoms with Crippen LogP contribution in [0, 0.1) is 0 Å². The molecule has 0 aliphatic heterocycles. The maximum atomic E-state index is 11.7. The van der Waals surface area contributed by atoms with Gasteiger partial charge in [-0.05, 0) is 6.42 Å². The van der Waals surface area contributed by atoms with Gasteiger partial charge in [0, 0.05) is 7.11 Å². The van der Waals surface area contributed by atoms with Gasteiger partial charge in [-0.3, -0.25) is 9.89 Å². The molecule has 0 aliphatic rings. The Kier molecular flexibility index (Phi) is 4.11. The van der Waals surface area contributed by atoms with Crippen LogP contribution in [0.5, 0.6) is 0 Å². The number of amides is 1. The Hall–Kier alpha value is -1.56. The van der Waals surface area contributed by atoms with Crippen molar-refractivity contribution < 1.29 is 9.53 Å². The first-order chi connectivity index (χ1) is 7.19. The van der Waals surface area contributed by atoms with Gasteiger partial charge in [-0.2, -0.15) is 5.10 Å². The molecule has 0 radical (unpaired) electrons. The number of hydrogen-bond acceptors (Lipinski definition) is 4. The summed E-state index contributed by atoms with van der Waals surface area (Å²) in [5.74, 6) is 0.0462. The fraction of sp³-hybridized carbons (Fsp3) is 0.556. The van der Waals surface area contributed by atoms with E-state index in [1.54, 1.807) is 7.11 Å². The highest BCUT2D eigenvalue weighted by Crippen LogP contribution is 2.06. The molecule has 0 saturated heterocycles. The second kappa shape index (κ2) is 5.35. The molecule has 1 rings (SSSR count). The number of ether oxygens (including phenoxy) is 1. The molecular weight excluding hydrogens is 196 g/mol. The molecule has 15 heavy (non-hydrogen) atoms. The zero-order valence-corrected chi connectivity index (χ0v) is 8.91. The number of H-pyrrole nitrogens is 1. The van der Waals surface area contributed by atoms with Crippen LogP contribution in [0.4, 0.5) is 5.82 Å². The Labute approximate surface area is 88.2 Å². The fourth-order valence-electron chi connectivity index (χ4n) is 1.20. The van der Waals surface area contributed by atoms with Gasteiger partial charge < -0.3 is 15.8 Å². The van der Waals surface area contributed by atoms with E-state index in [1.165, 1.54) is 6.20 Å². The van der Waals surface area contributed by atoms with Crippen molar-refractivity contribution in [2.45, 2.75) is 19.4 Å². The lowest BCUT2D eigenvalue weighted by molar-refractivity contribution is 0.0895. The Morgan fingerprint density at radius 1 is 1.80 bits per heavy atom. The molecule has 1 aromatic heterocycles. The first-order valence-corrected chi connectivity index (χ1v) is 4.77. The number of hydrogen-bond donors (Lipinski definition) is 3. The van der Waals surface area contributed by atoms with Gasteiger partial charge in [-0.1, -0.05) is 6.92 Å². The number of aromatic nitrogens is 2. The van der Waals surface area contributed by atoms with Gasteiger partial charge in [0.15, 0.2) is 0 Å². The maximum Gasteiger partial charge on any atom is 0.256 e. The van der Waals surface area contributed by atoms with Crippen molar-refractivity contribution in [3.63, 3.8) is 0 Å². The second-order valence-corrected chi connectivity index (χ2v) is 3.23. The number of methoxy groups -OCH3 is 1. The van der Waals surface area contributed by atoms with Crippen molar-refractivity contribution in [2.75, 3.05) is 19.5 Å². The van der Waals surface area contributed by atoms with Crippen molar-refractivity contribution in [3.8, 4) is 0 Å². The third kappa shape index (κ3) is 2.95. The molecule has 6 nitrogen and oxygen atoms in total. The number of aromatic amines is 1. The summed E-state index contributed by atoms with van der Waals surface area (Å²) in [6, 6.07) is -0.00296. The molecule has 0 spiro atoms. The van der Waals surface area contributed by atoms with E-state index in [4.69, 9.17) is 10.5 Å². The van der Waals surface area contributed by atoms with Crippen LogP contribution in [0.2, 0.25) is 0 Å². The number of nitrogen functional groups attached to an aromatic ring is 1. The molecule has 0 saturated carbocycles. The highest BCUT2D eigenvalue weighted by molar-refractivity contribution is 5.98. The lowest BCUT2D eigenvalue weighted by atomic mass is 10.2. The van der Waals surface area contributed by atoms with Gasteiger partial charge in [0.1, 0.15) is 11.4 Å². The lowest BCUT2D eigenvalue weighted by Crippen LogP contribution is -2.37. The minimum absolute atomic E-state index is 0.00296. The molecule has 1 unspecified atom stereocenters. The fourth-order valence-corrected chi connectivity index (χ4v) is 1.20. The smallest absolute Gasteiger partial charge is 0.256 e. The van der Waals surface area contributed by atoms with E-state index < -0.39 is 0 Å². The molecule has 1 amide bonds. The molecule has 0 fully saturated rings. The third-order valence-corrected chi connectivity index (χ3v) is 2.11. The summed E-state index contributed by atoms with van der Waals surface area (Å²) in [5.41, 5.74) is 5.89. The predicted molar refractivity (Wildman–Crippen MR) is 56.4 cm³/mol. The van der Waals surface area contributed by atoms with E-state index in [1.807, 2.05) is 6.92 Å². The molecule has 6 heteroatoms. The number of anilines is 1. The van der Waals surface area contributed by atoms with Crippen molar-refractivity contribution >= 4 is 11.7 Å². The van der Waals surface area contributed by atoms with Crippen molar-refractivity contribution in [2.24, 2.45) is 0 Å². The number of carbonyl (C=O) groups excluding carboxylic acids is 1. The van der Waals surface area contributed by atoms with Crippen LogP contribution in [-0.2, 0) is 4.74 Å². The number of rotatable bonds is 5. The van der Waals surface area contributed by atoms with Crippen LogP contribution in [0.25, 0.3) is 0 Å². The van der Waals surface area contributed by atoms with E-state index >= 15 is 0 Å². The Morgan fingerprint density at radius 2 is 2.53 bits per heavy atom. The van der Waals surface area contributed by atoms with Gasteiger partial charge in [0.2, 0.25) is 0 Å². The molecule has 84 valence electrons. The summed E-state index contributed by atoms with van der Waals surface area (Å²) in [6.07, 6.45) is 2.21. The molecular formula is C9H16N4O2. The zero-order chi connectivity index (χ0) is 11.3. The Morgan fingerprint density at radius 3 is 3.00 bits per heavy atom. The minimum atomic E-state index is -0.231. The van der Waals surface area contributed by atoms with Crippen molar-refractivity contribution in [1.82, 2.24) is 15.5 Å². The molecule has 1 aromatic rings. The highest BCUT2D eigenvalue weighted by Gasteiger charge is 2.15. The SMILES string of the molecule is CCC(COC)NC(=O)c1cn[nH]c1N. The van der Waals surface area contributed by atoms with Crippen LogP contribution < -0.4 is 11.1 Å². The summed E-state index contributed by atoms with van der Waals surface area (Å²) in [6.45, 7) is 2.46. The molecule has 0 bridgehead atoms. The van der Waals surface area contributed by atoms with Gasteiger partial charge in [0.05, 0.1) is 18.8 Å². The summed E-state index contributed by atoms with van der Waals surface area (Å²) in [4.78, 5) is 11.7. The third-order valence-electron chi connectivity index (χ3n) is 2.11. The summed E-state index contributed by atoms with van der Waals surface area (Å²) in [5, 5.41) is 9.00. The van der Waals surface area contributed by atoms with Crippen molar-refractivity contribution in [1.29, 1.82) is 0 Å². The van der Waals surface area contributed by atoms with E-state index in [9.17, 15) is 4.79 Å². The second-order valence-electron chi connectivity index (χ2n) is 3.23. The standard InChI is InChI=1S/C9H16N4O2/c1-3-6(5-15-2)12-9(14)7-4-11-13-8(7)10/h4,6H,3,5H2,1-2H3,(H,12,14)(H3,10,11,13). The molecule has 1 atom stereocenters.